The number of rotatable bonds is 5. The number of carboxylic acid groups (broad SMARTS) is 1. The first-order valence-electron chi connectivity index (χ1n) is 3.97. The van der Waals surface area contributed by atoms with Crippen LogP contribution in [-0.2, 0) is 16.0 Å². The molecule has 0 aliphatic carbocycles. The van der Waals surface area contributed by atoms with Gasteiger partial charge in [0.2, 0.25) is 0 Å². The fraction of sp³-hybridized carbons (Fsp3) is 0.375. The average molecular weight is 214 g/mol. The van der Waals surface area contributed by atoms with Crippen LogP contribution in [0.3, 0.4) is 0 Å². The Bertz CT molecular complexity index is 348. The number of aromatic nitrogens is 1. The zero-order valence-corrected chi connectivity index (χ0v) is 8.43. The molecule has 1 aromatic rings. The molecule has 0 radical (unpaired) electrons. The standard InChI is InChI=1S/C8H10N2O3S/c1-5(11)3-9-8-10-6(4-14-8)2-7(12)13/h4H,2-3H2,1H3,(H,9,10)(H,12,13). The molecule has 0 fully saturated rings. The Morgan fingerprint density at radius 3 is 2.93 bits per heavy atom. The maximum absolute atomic E-state index is 10.6. The van der Waals surface area contributed by atoms with Crippen molar-refractivity contribution in [1.29, 1.82) is 0 Å². The van der Waals surface area contributed by atoms with Gasteiger partial charge in [-0.15, -0.1) is 11.3 Å². The third kappa shape index (κ3) is 3.53. The van der Waals surface area contributed by atoms with Gasteiger partial charge < -0.3 is 10.4 Å². The molecular weight excluding hydrogens is 204 g/mol. The highest BCUT2D eigenvalue weighted by molar-refractivity contribution is 7.13. The Morgan fingerprint density at radius 2 is 2.36 bits per heavy atom. The molecule has 0 saturated heterocycles. The van der Waals surface area contributed by atoms with Gasteiger partial charge in [0.15, 0.2) is 5.13 Å². The highest BCUT2D eigenvalue weighted by Gasteiger charge is 2.05. The second-order valence-electron chi connectivity index (χ2n) is 2.77. The summed E-state index contributed by atoms with van der Waals surface area (Å²) in [6.07, 6.45) is -0.0851. The van der Waals surface area contributed by atoms with Crippen LogP contribution in [0.2, 0.25) is 0 Å². The average Bonchev–Trinajstić information content (AvgIpc) is 2.47. The number of thiazole rings is 1. The second kappa shape index (κ2) is 4.71. The molecule has 0 bridgehead atoms. The van der Waals surface area contributed by atoms with Crippen LogP contribution >= 0.6 is 11.3 Å². The summed E-state index contributed by atoms with van der Waals surface area (Å²) in [6.45, 7) is 1.69. The van der Waals surface area contributed by atoms with Gasteiger partial charge >= 0.3 is 5.97 Å². The molecule has 2 N–H and O–H groups in total. The lowest BCUT2D eigenvalue weighted by molar-refractivity contribution is -0.136. The van der Waals surface area contributed by atoms with Gasteiger partial charge in [0.05, 0.1) is 18.7 Å². The van der Waals surface area contributed by atoms with E-state index in [9.17, 15) is 9.59 Å². The Labute approximate surface area is 84.8 Å². The van der Waals surface area contributed by atoms with Gasteiger partial charge in [-0.1, -0.05) is 0 Å². The van der Waals surface area contributed by atoms with Crippen molar-refractivity contribution in [2.24, 2.45) is 0 Å². The number of nitrogens with zero attached hydrogens (tertiary/aromatic N) is 1. The first-order valence-corrected chi connectivity index (χ1v) is 4.85. The van der Waals surface area contributed by atoms with Crippen LogP contribution in [0.4, 0.5) is 5.13 Å². The fourth-order valence-corrected chi connectivity index (χ4v) is 1.53. The minimum Gasteiger partial charge on any atom is -0.481 e. The molecule has 14 heavy (non-hydrogen) atoms. The van der Waals surface area contributed by atoms with Gasteiger partial charge in [-0.2, -0.15) is 0 Å². The summed E-state index contributed by atoms with van der Waals surface area (Å²) in [4.78, 5) is 25.0. The number of carboxylic acids is 1. The molecule has 76 valence electrons. The zero-order valence-electron chi connectivity index (χ0n) is 7.61. The Hall–Kier alpha value is -1.43. The van der Waals surface area contributed by atoms with Crippen molar-refractivity contribution in [2.75, 3.05) is 11.9 Å². The number of carbonyl (C=O) groups is 2. The maximum atomic E-state index is 10.6. The summed E-state index contributed by atoms with van der Waals surface area (Å²) in [5.74, 6) is -0.895. The Kier molecular flexibility index (Phi) is 3.58. The summed E-state index contributed by atoms with van der Waals surface area (Å²) in [5.41, 5.74) is 0.508. The molecule has 0 unspecified atom stereocenters. The number of hydrogen-bond donors (Lipinski definition) is 2. The summed E-state index contributed by atoms with van der Waals surface area (Å²) in [7, 11) is 0. The van der Waals surface area contributed by atoms with Crippen LogP contribution in [0.5, 0.6) is 0 Å². The minimum absolute atomic E-state index is 0.0139. The predicted octanol–water partition coefficient (Wildman–Crippen LogP) is 0.771. The lowest BCUT2D eigenvalue weighted by Gasteiger charge is -1.96. The fourth-order valence-electron chi connectivity index (χ4n) is 0.824. The van der Waals surface area contributed by atoms with Crippen molar-refractivity contribution in [2.45, 2.75) is 13.3 Å². The van der Waals surface area contributed by atoms with E-state index in [1.807, 2.05) is 0 Å². The third-order valence-electron chi connectivity index (χ3n) is 1.37. The van der Waals surface area contributed by atoms with Crippen LogP contribution in [0, 0.1) is 0 Å². The SMILES string of the molecule is CC(=O)CNc1nc(CC(=O)O)cs1. The van der Waals surface area contributed by atoms with E-state index in [0.717, 1.165) is 0 Å². The molecule has 0 amide bonds. The largest absolute Gasteiger partial charge is 0.481 e. The molecule has 0 aromatic carbocycles. The molecule has 1 heterocycles. The van der Waals surface area contributed by atoms with Gasteiger partial charge in [0, 0.05) is 5.38 Å². The van der Waals surface area contributed by atoms with E-state index in [1.165, 1.54) is 18.3 Å². The van der Waals surface area contributed by atoms with Crippen LogP contribution < -0.4 is 5.32 Å². The number of Topliss-reactive ketones (excluding diaryl/α,β-unsaturated/α-hetero) is 1. The van der Waals surface area contributed by atoms with E-state index in [1.54, 1.807) is 5.38 Å². The minimum atomic E-state index is -0.909. The lowest BCUT2D eigenvalue weighted by Crippen LogP contribution is -2.09. The smallest absolute Gasteiger partial charge is 0.309 e. The first kappa shape index (κ1) is 10.6. The van der Waals surface area contributed by atoms with Gasteiger partial charge in [-0.05, 0) is 6.92 Å². The molecule has 5 nitrogen and oxygen atoms in total. The number of aliphatic carboxylic acids is 1. The van der Waals surface area contributed by atoms with Crippen molar-refractivity contribution < 1.29 is 14.7 Å². The molecule has 0 atom stereocenters. The molecule has 0 spiro atoms. The van der Waals surface area contributed by atoms with Crippen LogP contribution in [-0.4, -0.2) is 28.4 Å². The third-order valence-corrected chi connectivity index (χ3v) is 2.22. The van der Waals surface area contributed by atoms with E-state index in [0.29, 0.717) is 10.8 Å². The van der Waals surface area contributed by atoms with Gasteiger partial charge in [-0.25, -0.2) is 4.98 Å². The number of anilines is 1. The van der Waals surface area contributed by atoms with Crippen LogP contribution in [0.1, 0.15) is 12.6 Å². The highest BCUT2D eigenvalue weighted by atomic mass is 32.1. The highest BCUT2D eigenvalue weighted by Crippen LogP contribution is 2.15. The van der Waals surface area contributed by atoms with Crippen molar-refractivity contribution in [3.63, 3.8) is 0 Å². The Morgan fingerprint density at radius 1 is 1.64 bits per heavy atom. The van der Waals surface area contributed by atoms with Crippen LogP contribution in [0.25, 0.3) is 0 Å². The number of nitrogens with one attached hydrogen (secondary N) is 1. The molecule has 6 heteroatoms. The first-order chi connectivity index (χ1) is 6.58. The number of ketones is 1. The second-order valence-corrected chi connectivity index (χ2v) is 3.63. The van der Waals surface area contributed by atoms with Crippen molar-refractivity contribution in [3.8, 4) is 0 Å². The number of hydrogen-bond acceptors (Lipinski definition) is 5. The quantitative estimate of drug-likeness (QED) is 0.756. The molecule has 1 aromatic heterocycles. The normalized spacial score (nSPS) is 9.79. The van der Waals surface area contributed by atoms with Crippen molar-refractivity contribution in [3.05, 3.63) is 11.1 Å². The molecule has 0 saturated carbocycles. The summed E-state index contributed by atoms with van der Waals surface area (Å²) in [5, 5.41) is 13.5. The van der Waals surface area contributed by atoms with E-state index >= 15 is 0 Å². The van der Waals surface area contributed by atoms with Gasteiger partial charge in [0.25, 0.3) is 0 Å². The summed E-state index contributed by atoms with van der Waals surface area (Å²) in [6, 6.07) is 0. The molecule has 1 rings (SSSR count). The predicted molar refractivity (Wildman–Crippen MR) is 52.6 cm³/mol. The summed E-state index contributed by atoms with van der Waals surface area (Å²) >= 11 is 1.30. The van der Waals surface area contributed by atoms with E-state index in [4.69, 9.17) is 5.11 Å². The van der Waals surface area contributed by atoms with Crippen molar-refractivity contribution in [1.82, 2.24) is 4.98 Å². The van der Waals surface area contributed by atoms with E-state index in [-0.39, 0.29) is 18.7 Å². The molecule has 0 aliphatic rings. The summed E-state index contributed by atoms with van der Waals surface area (Å²) < 4.78 is 0. The monoisotopic (exact) mass is 214 g/mol. The maximum Gasteiger partial charge on any atom is 0.309 e. The number of carbonyl (C=O) groups excluding carboxylic acids is 1. The van der Waals surface area contributed by atoms with Crippen molar-refractivity contribution >= 4 is 28.2 Å². The van der Waals surface area contributed by atoms with E-state index < -0.39 is 5.97 Å². The van der Waals surface area contributed by atoms with Crippen LogP contribution in [0.15, 0.2) is 5.38 Å². The van der Waals surface area contributed by atoms with E-state index in [2.05, 4.69) is 10.3 Å². The van der Waals surface area contributed by atoms with Gasteiger partial charge in [0.1, 0.15) is 5.78 Å². The molecular formula is C8H10N2O3S. The van der Waals surface area contributed by atoms with Gasteiger partial charge in [-0.3, -0.25) is 9.59 Å². The zero-order chi connectivity index (χ0) is 10.6. The Balaban J connectivity index is 2.50. The lowest BCUT2D eigenvalue weighted by atomic mass is 10.3. The topological polar surface area (TPSA) is 79.3 Å². The molecule has 0 aliphatic heterocycles.